The molecule has 0 atom stereocenters. The quantitative estimate of drug-likeness (QED) is 0.0966. The fourth-order valence-corrected chi connectivity index (χ4v) is 3.76. The molecule has 0 aromatic heterocycles. The van der Waals surface area contributed by atoms with E-state index in [9.17, 15) is 0 Å². The van der Waals surface area contributed by atoms with Gasteiger partial charge in [-0.25, -0.2) is 0 Å². The highest BCUT2D eigenvalue weighted by Crippen LogP contribution is 2.09. The van der Waals surface area contributed by atoms with Crippen molar-refractivity contribution in [2.75, 3.05) is 39.7 Å². The summed E-state index contributed by atoms with van der Waals surface area (Å²) < 4.78 is 0. The Kier molecular flexibility index (Phi) is 176. The van der Waals surface area contributed by atoms with E-state index >= 15 is 0 Å². The zero-order valence-corrected chi connectivity index (χ0v) is 51.2. The Balaban J connectivity index is -0.0000000484. The van der Waals surface area contributed by atoms with Crippen molar-refractivity contribution >= 4 is 11.4 Å². The number of anilines is 2. The van der Waals surface area contributed by atoms with Crippen LogP contribution in [0.3, 0.4) is 0 Å². The van der Waals surface area contributed by atoms with Gasteiger partial charge >= 0.3 is 0 Å². The van der Waals surface area contributed by atoms with Crippen LogP contribution in [0.25, 0.3) is 0 Å². The summed E-state index contributed by atoms with van der Waals surface area (Å²) in [4.78, 5) is 0. The van der Waals surface area contributed by atoms with Crippen molar-refractivity contribution in [3.05, 3.63) is 204 Å². The SMILES string of the molecule is CC.CC.CC.CC.CC.CC.CC.CC.CC.CC.CC.CN.CN.CN.CN.Nc1ccccc1.Nc1ccccc1.c1ccc(Cc2ccccc2)cc1.c1ccc(Cc2ccccc2)cc1. The number of nitrogen functional groups attached to an aromatic ring is 2. The number of nitrogens with two attached hydrogens (primary N) is 6. The average Bonchev–Trinajstić information content (AvgIpc) is 3.51. The first kappa shape index (κ1) is 98.3. The third-order valence-corrected chi connectivity index (χ3v) is 5.79. The summed E-state index contributed by atoms with van der Waals surface area (Å²) >= 11 is 0. The van der Waals surface area contributed by atoms with Crippen molar-refractivity contribution in [2.24, 2.45) is 22.9 Å². The van der Waals surface area contributed by atoms with Crippen LogP contribution in [-0.2, 0) is 12.8 Å². The van der Waals surface area contributed by atoms with Crippen molar-refractivity contribution < 1.29 is 0 Å². The molecule has 0 amide bonds. The average molecular weight is 978 g/mol. The standard InChI is InChI=1S/2C13H12.2C6H7N.11C2H6.4CH5N/c2*1-3-7-12(8-4-1)11-13-9-5-2-6-10-13;2*7-6-4-2-1-3-5-6;15*1-2/h2*1-10H,11H2;2*1-5H,7H2;11*1-2H3;4*2H2,1H3. The van der Waals surface area contributed by atoms with E-state index in [1.165, 1.54) is 50.4 Å². The molecular weight excluding hydrogens is 853 g/mol. The van der Waals surface area contributed by atoms with Gasteiger partial charge in [0.1, 0.15) is 0 Å². The molecule has 6 aromatic rings. The van der Waals surface area contributed by atoms with Crippen LogP contribution in [0.5, 0.6) is 0 Å². The molecule has 0 aliphatic carbocycles. The second-order valence-corrected chi connectivity index (χ2v) is 9.12. The van der Waals surface area contributed by atoms with E-state index in [0.29, 0.717) is 0 Å². The van der Waals surface area contributed by atoms with Gasteiger partial charge in [0.2, 0.25) is 0 Å². The maximum Gasteiger partial charge on any atom is 0.0313 e. The predicted octanol–water partition coefficient (Wildman–Crippen LogP) is 18.7. The van der Waals surface area contributed by atoms with Crippen molar-refractivity contribution in [1.29, 1.82) is 0 Å². The second-order valence-electron chi connectivity index (χ2n) is 9.12. The Morgan fingerprint density at radius 2 is 0.286 bits per heavy atom. The largest absolute Gasteiger partial charge is 0.399 e. The molecule has 0 fully saturated rings. The molecule has 0 radical (unpaired) electrons. The van der Waals surface area contributed by atoms with E-state index in [4.69, 9.17) is 11.5 Å². The molecule has 0 heterocycles. The molecule has 6 nitrogen and oxygen atoms in total. The summed E-state index contributed by atoms with van der Waals surface area (Å²) in [6.45, 7) is 44.0. The molecule has 6 heteroatoms. The maximum atomic E-state index is 5.36. The third kappa shape index (κ3) is 92.9. The van der Waals surface area contributed by atoms with Crippen molar-refractivity contribution in [3.8, 4) is 0 Å². The van der Waals surface area contributed by atoms with E-state index in [2.05, 4.69) is 144 Å². The lowest BCUT2D eigenvalue weighted by molar-refractivity contribution is 1.19. The molecular formula is C64H124N6. The van der Waals surface area contributed by atoms with Crippen molar-refractivity contribution in [3.63, 3.8) is 0 Å². The summed E-state index contributed by atoms with van der Waals surface area (Å²) in [5.41, 5.74) is 35.8. The summed E-state index contributed by atoms with van der Waals surface area (Å²) in [6, 6.07) is 61.1. The molecule has 6 aromatic carbocycles. The summed E-state index contributed by atoms with van der Waals surface area (Å²) in [6.07, 6.45) is 2.06. The van der Waals surface area contributed by atoms with Crippen LogP contribution in [0.2, 0.25) is 0 Å². The highest BCUT2D eigenvalue weighted by molar-refractivity contribution is 5.36. The van der Waals surface area contributed by atoms with Crippen LogP contribution in [0.4, 0.5) is 11.4 Å². The number of para-hydroxylation sites is 2. The van der Waals surface area contributed by atoms with Crippen LogP contribution in [0, 0.1) is 0 Å². The summed E-state index contributed by atoms with van der Waals surface area (Å²) in [5.74, 6) is 0. The Morgan fingerprint density at radius 3 is 0.371 bits per heavy atom. The smallest absolute Gasteiger partial charge is 0.0313 e. The molecule has 0 saturated carbocycles. The minimum Gasteiger partial charge on any atom is -0.399 e. The topological polar surface area (TPSA) is 156 Å². The Bertz CT molecular complexity index is 1230. The number of hydrogen-bond donors (Lipinski definition) is 6. The Morgan fingerprint density at radius 1 is 0.186 bits per heavy atom. The van der Waals surface area contributed by atoms with E-state index in [1.54, 1.807) is 0 Å². The van der Waals surface area contributed by atoms with Gasteiger partial charge in [0.15, 0.2) is 0 Å². The van der Waals surface area contributed by atoms with Crippen LogP contribution in [0.1, 0.15) is 175 Å². The molecule has 410 valence electrons. The molecule has 0 saturated heterocycles. The normalized spacial score (nSPS) is 6.66. The molecule has 6 rings (SSSR count). The molecule has 12 N–H and O–H groups in total. The fourth-order valence-electron chi connectivity index (χ4n) is 3.76. The van der Waals surface area contributed by atoms with E-state index < -0.39 is 0 Å². The van der Waals surface area contributed by atoms with Gasteiger partial charge in [0.25, 0.3) is 0 Å². The maximum absolute atomic E-state index is 5.36. The number of rotatable bonds is 4. The lowest BCUT2D eigenvalue weighted by Crippen LogP contribution is -1.85. The Labute approximate surface area is 441 Å². The highest BCUT2D eigenvalue weighted by atomic mass is 14.5. The molecule has 0 aliphatic rings. The van der Waals surface area contributed by atoms with Crippen LogP contribution < -0.4 is 34.4 Å². The lowest BCUT2D eigenvalue weighted by Gasteiger charge is -2.00. The first-order valence-electron chi connectivity index (χ1n) is 26.8. The second kappa shape index (κ2) is 125. The zero-order chi connectivity index (χ0) is 58.1. The first-order chi connectivity index (χ1) is 34.7. The van der Waals surface area contributed by atoms with Gasteiger partial charge in [-0.1, -0.05) is 310 Å². The van der Waals surface area contributed by atoms with Gasteiger partial charge in [-0.3, -0.25) is 0 Å². The van der Waals surface area contributed by atoms with Crippen molar-refractivity contribution in [1.82, 2.24) is 0 Å². The number of hydrogen-bond acceptors (Lipinski definition) is 6. The molecule has 0 bridgehead atoms. The minimum atomic E-state index is 0.822. The fraction of sp³-hybridized carbons (Fsp3) is 0.438. The lowest BCUT2D eigenvalue weighted by atomic mass is 10.1. The van der Waals surface area contributed by atoms with Crippen LogP contribution >= 0.6 is 0 Å². The minimum absolute atomic E-state index is 0.822. The van der Waals surface area contributed by atoms with Gasteiger partial charge in [0.05, 0.1) is 0 Å². The van der Waals surface area contributed by atoms with E-state index in [0.717, 1.165) is 24.2 Å². The molecule has 70 heavy (non-hydrogen) atoms. The number of benzene rings is 6. The molecule has 0 aliphatic heterocycles. The van der Waals surface area contributed by atoms with Gasteiger partial charge in [-0.2, -0.15) is 0 Å². The molecule has 0 unspecified atom stereocenters. The first-order valence-corrected chi connectivity index (χ1v) is 26.8. The van der Waals surface area contributed by atoms with Crippen LogP contribution in [-0.4, -0.2) is 28.2 Å². The van der Waals surface area contributed by atoms with Gasteiger partial charge in [-0.15, -0.1) is 0 Å². The summed E-state index contributed by atoms with van der Waals surface area (Å²) in [5, 5.41) is 0. The molecule has 0 spiro atoms. The van der Waals surface area contributed by atoms with E-state index in [-0.39, 0.29) is 0 Å². The summed E-state index contributed by atoms with van der Waals surface area (Å²) in [7, 11) is 6.00. The predicted molar refractivity (Wildman–Crippen MR) is 338 cm³/mol. The Hall–Kier alpha value is -5.24. The van der Waals surface area contributed by atoms with Gasteiger partial charge < -0.3 is 34.4 Å². The van der Waals surface area contributed by atoms with E-state index in [1.807, 2.05) is 213 Å². The monoisotopic (exact) mass is 977 g/mol. The van der Waals surface area contributed by atoms with Crippen LogP contribution in [0.15, 0.2) is 182 Å². The van der Waals surface area contributed by atoms with Gasteiger partial charge in [-0.05, 0) is 87.6 Å². The van der Waals surface area contributed by atoms with Gasteiger partial charge in [0, 0.05) is 11.4 Å². The highest BCUT2D eigenvalue weighted by Gasteiger charge is 1.93. The van der Waals surface area contributed by atoms with Crippen molar-refractivity contribution in [2.45, 2.75) is 165 Å². The third-order valence-electron chi connectivity index (χ3n) is 5.79. The zero-order valence-electron chi connectivity index (χ0n) is 51.2.